The summed E-state index contributed by atoms with van der Waals surface area (Å²) in [5.41, 5.74) is 1.28. The van der Waals surface area contributed by atoms with Crippen molar-refractivity contribution in [2.24, 2.45) is 0 Å². The smallest absolute Gasteiger partial charge is 0.311 e. The van der Waals surface area contributed by atoms with Gasteiger partial charge in [0.05, 0.1) is 27.5 Å². The molecule has 3 rings (SSSR count). The van der Waals surface area contributed by atoms with Crippen molar-refractivity contribution < 1.29 is 14.6 Å². The lowest BCUT2D eigenvalue weighted by Crippen LogP contribution is -1.98. The Kier molecular flexibility index (Phi) is 3.82. The van der Waals surface area contributed by atoms with Crippen LogP contribution in [-0.4, -0.2) is 26.4 Å². The maximum absolute atomic E-state index is 11.2. The number of non-ortho nitro benzene ring substituents is 1. The monoisotopic (exact) mass is 328 g/mol. The van der Waals surface area contributed by atoms with Gasteiger partial charge in [0.25, 0.3) is 5.69 Å². The van der Waals surface area contributed by atoms with Crippen molar-refractivity contribution in [3.8, 4) is 17.1 Å². The van der Waals surface area contributed by atoms with Crippen LogP contribution < -0.4 is 4.74 Å². The molecule has 3 aromatic rings. The fourth-order valence-electron chi connectivity index (χ4n) is 2.33. The third-order valence-corrected chi connectivity index (χ3v) is 3.41. The fourth-order valence-corrected chi connectivity index (χ4v) is 2.33. The van der Waals surface area contributed by atoms with E-state index in [1.807, 2.05) is 0 Å². The summed E-state index contributed by atoms with van der Waals surface area (Å²) in [6.45, 7) is 2.05. The SMILES string of the molecule is CCOc1ccc(-c2nc3ccc([N+](=O)[O-])cc3[nH]2)cc1[N+](=O)[O-]. The second-order valence-electron chi connectivity index (χ2n) is 4.92. The number of benzene rings is 2. The first-order chi connectivity index (χ1) is 11.5. The molecule has 0 spiro atoms. The van der Waals surface area contributed by atoms with Crippen LogP contribution in [0.15, 0.2) is 36.4 Å². The number of imidazole rings is 1. The molecule has 1 heterocycles. The van der Waals surface area contributed by atoms with Crippen LogP contribution >= 0.6 is 0 Å². The number of fused-ring (bicyclic) bond motifs is 1. The molecule has 1 N–H and O–H groups in total. The maximum atomic E-state index is 11.2. The minimum atomic E-state index is -0.526. The van der Waals surface area contributed by atoms with Crippen molar-refractivity contribution in [3.63, 3.8) is 0 Å². The highest BCUT2D eigenvalue weighted by Crippen LogP contribution is 2.32. The van der Waals surface area contributed by atoms with Crippen molar-refractivity contribution in [1.29, 1.82) is 0 Å². The number of aromatic nitrogens is 2. The van der Waals surface area contributed by atoms with Crippen molar-refractivity contribution >= 4 is 22.4 Å². The molecule has 0 saturated carbocycles. The summed E-state index contributed by atoms with van der Waals surface area (Å²) < 4.78 is 5.24. The Balaban J connectivity index is 2.08. The highest BCUT2D eigenvalue weighted by Gasteiger charge is 2.18. The zero-order chi connectivity index (χ0) is 17.3. The van der Waals surface area contributed by atoms with Gasteiger partial charge < -0.3 is 9.72 Å². The molecule has 0 radical (unpaired) electrons. The van der Waals surface area contributed by atoms with Gasteiger partial charge in [-0.05, 0) is 25.1 Å². The first-order valence-corrected chi connectivity index (χ1v) is 7.05. The Morgan fingerprint density at radius 2 is 1.92 bits per heavy atom. The number of hydrogen-bond donors (Lipinski definition) is 1. The van der Waals surface area contributed by atoms with Crippen LogP contribution in [0.2, 0.25) is 0 Å². The van der Waals surface area contributed by atoms with Crippen LogP contribution in [-0.2, 0) is 0 Å². The summed E-state index contributed by atoms with van der Waals surface area (Å²) in [7, 11) is 0. The van der Waals surface area contributed by atoms with Crippen molar-refractivity contribution in [2.45, 2.75) is 6.92 Å². The molecule has 0 saturated heterocycles. The van der Waals surface area contributed by atoms with Gasteiger partial charge in [0.1, 0.15) is 5.82 Å². The minimum absolute atomic E-state index is 0.0598. The van der Waals surface area contributed by atoms with Crippen LogP contribution in [0.25, 0.3) is 22.4 Å². The predicted molar refractivity (Wildman–Crippen MR) is 86.0 cm³/mol. The average Bonchev–Trinajstić information content (AvgIpc) is 2.98. The van der Waals surface area contributed by atoms with E-state index in [0.29, 0.717) is 29.0 Å². The predicted octanol–water partition coefficient (Wildman–Crippen LogP) is 3.45. The van der Waals surface area contributed by atoms with Gasteiger partial charge in [0, 0.05) is 23.8 Å². The van der Waals surface area contributed by atoms with Gasteiger partial charge in [-0.1, -0.05) is 0 Å². The second-order valence-corrected chi connectivity index (χ2v) is 4.92. The molecule has 122 valence electrons. The van der Waals surface area contributed by atoms with E-state index in [9.17, 15) is 20.2 Å². The molecule has 0 amide bonds. The molecule has 2 aromatic carbocycles. The summed E-state index contributed by atoms with van der Waals surface area (Å²) in [5.74, 6) is 0.564. The summed E-state index contributed by atoms with van der Waals surface area (Å²) >= 11 is 0. The van der Waals surface area contributed by atoms with E-state index in [0.717, 1.165) is 0 Å². The fraction of sp³-hybridized carbons (Fsp3) is 0.133. The number of nitrogens with one attached hydrogen (secondary N) is 1. The molecule has 1 aromatic heterocycles. The highest BCUT2D eigenvalue weighted by atomic mass is 16.6. The Morgan fingerprint density at radius 3 is 2.58 bits per heavy atom. The topological polar surface area (TPSA) is 124 Å². The highest BCUT2D eigenvalue weighted by molar-refractivity contribution is 5.82. The largest absolute Gasteiger partial charge is 0.487 e. The lowest BCUT2D eigenvalue weighted by Gasteiger charge is -2.05. The van der Waals surface area contributed by atoms with E-state index in [4.69, 9.17) is 4.74 Å². The average molecular weight is 328 g/mol. The quantitative estimate of drug-likeness (QED) is 0.565. The van der Waals surface area contributed by atoms with Crippen molar-refractivity contribution in [1.82, 2.24) is 9.97 Å². The van der Waals surface area contributed by atoms with Crippen LogP contribution in [0.1, 0.15) is 6.92 Å². The van der Waals surface area contributed by atoms with E-state index in [2.05, 4.69) is 9.97 Å². The molecule has 9 heteroatoms. The molecule has 0 aliphatic heterocycles. The van der Waals surface area contributed by atoms with Crippen LogP contribution in [0.4, 0.5) is 11.4 Å². The number of nitro groups is 2. The van der Waals surface area contributed by atoms with Gasteiger partial charge in [-0.2, -0.15) is 0 Å². The number of hydrogen-bond acceptors (Lipinski definition) is 6. The Morgan fingerprint density at radius 1 is 1.12 bits per heavy atom. The number of ether oxygens (including phenoxy) is 1. The minimum Gasteiger partial charge on any atom is -0.487 e. The summed E-state index contributed by atoms with van der Waals surface area (Å²) in [4.78, 5) is 28.3. The van der Waals surface area contributed by atoms with Gasteiger partial charge in [-0.3, -0.25) is 20.2 Å². The van der Waals surface area contributed by atoms with Crippen LogP contribution in [0.5, 0.6) is 5.75 Å². The summed E-state index contributed by atoms with van der Waals surface area (Å²) in [6, 6.07) is 8.76. The number of nitrogens with zero attached hydrogens (tertiary/aromatic N) is 3. The Bertz CT molecular complexity index is 950. The molecule has 0 aliphatic carbocycles. The third-order valence-electron chi connectivity index (χ3n) is 3.41. The first-order valence-electron chi connectivity index (χ1n) is 7.05. The number of aromatic amines is 1. The van der Waals surface area contributed by atoms with Gasteiger partial charge in [-0.25, -0.2) is 4.98 Å². The maximum Gasteiger partial charge on any atom is 0.311 e. The van der Waals surface area contributed by atoms with Gasteiger partial charge in [-0.15, -0.1) is 0 Å². The Labute approximate surface area is 135 Å². The molecular weight excluding hydrogens is 316 g/mol. The third kappa shape index (κ3) is 2.74. The van der Waals surface area contributed by atoms with E-state index < -0.39 is 9.85 Å². The number of rotatable bonds is 5. The molecule has 24 heavy (non-hydrogen) atoms. The van der Waals surface area contributed by atoms with Gasteiger partial charge in [0.15, 0.2) is 5.75 Å². The molecule has 0 unspecified atom stereocenters. The normalized spacial score (nSPS) is 10.7. The molecular formula is C15H12N4O5. The summed E-state index contributed by atoms with van der Waals surface area (Å²) in [5, 5.41) is 22.0. The first kappa shape index (κ1) is 15.4. The molecule has 0 aliphatic rings. The van der Waals surface area contributed by atoms with Crippen molar-refractivity contribution in [3.05, 3.63) is 56.6 Å². The van der Waals surface area contributed by atoms with E-state index in [-0.39, 0.29) is 17.1 Å². The number of H-pyrrole nitrogens is 1. The molecule has 9 nitrogen and oxygen atoms in total. The van der Waals surface area contributed by atoms with Gasteiger partial charge >= 0.3 is 5.69 Å². The second kappa shape index (κ2) is 5.95. The van der Waals surface area contributed by atoms with E-state index >= 15 is 0 Å². The van der Waals surface area contributed by atoms with Crippen molar-refractivity contribution in [2.75, 3.05) is 6.61 Å². The molecule has 0 bridgehead atoms. The standard InChI is InChI=1S/C15H12N4O5/c1-2-24-14-6-3-9(7-13(14)19(22)23)15-16-11-5-4-10(18(20)21)8-12(11)17-15/h3-8H,2H2,1H3,(H,16,17). The Hall–Kier alpha value is -3.49. The molecule has 0 fully saturated rings. The zero-order valence-corrected chi connectivity index (χ0v) is 12.6. The number of nitro benzene ring substituents is 2. The van der Waals surface area contributed by atoms with Gasteiger partial charge in [0.2, 0.25) is 0 Å². The molecule has 0 atom stereocenters. The lowest BCUT2D eigenvalue weighted by atomic mass is 10.2. The van der Waals surface area contributed by atoms with Crippen LogP contribution in [0.3, 0.4) is 0 Å². The van der Waals surface area contributed by atoms with Crippen LogP contribution in [0, 0.1) is 20.2 Å². The lowest BCUT2D eigenvalue weighted by molar-refractivity contribution is -0.385. The van der Waals surface area contributed by atoms with E-state index in [1.54, 1.807) is 13.0 Å². The zero-order valence-electron chi connectivity index (χ0n) is 12.6. The van der Waals surface area contributed by atoms with E-state index in [1.165, 1.54) is 30.3 Å². The summed E-state index contributed by atoms with van der Waals surface area (Å²) in [6.07, 6.45) is 0.